The molecule has 0 amide bonds. The van der Waals surface area contributed by atoms with Crippen LogP contribution in [-0.4, -0.2) is 35.7 Å². The zero-order chi connectivity index (χ0) is 14.7. The lowest BCUT2D eigenvalue weighted by Crippen LogP contribution is -2.35. The SMILES string of the molecule is COc1ccc(CN2CCCC2C(=O)O)c(C(C)C)c1. The van der Waals surface area contributed by atoms with Crippen LogP contribution in [0.3, 0.4) is 0 Å². The van der Waals surface area contributed by atoms with Gasteiger partial charge in [-0.3, -0.25) is 9.69 Å². The van der Waals surface area contributed by atoms with Crippen molar-refractivity contribution in [3.8, 4) is 5.75 Å². The van der Waals surface area contributed by atoms with Gasteiger partial charge in [0.2, 0.25) is 0 Å². The van der Waals surface area contributed by atoms with Gasteiger partial charge in [0, 0.05) is 6.54 Å². The molecule has 1 heterocycles. The maximum atomic E-state index is 11.3. The Kier molecular flexibility index (Phi) is 4.65. The Labute approximate surface area is 120 Å². The van der Waals surface area contributed by atoms with E-state index in [0.29, 0.717) is 12.5 Å². The summed E-state index contributed by atoms with van der Waals surface area (Å²) in [6.45, 7) is 5.86. The Morgan fingerprint density at radius 2 is 2.25 bits per heavy atom. The van der Waals surface area contributed by atoms with Crippen molar-refractivity contribution in [2.24, 2.45) is 0 Å². The highest BCUT2D eigenvalue weighted by Gasteiger charge is 2.30. The molecule has 1 aliphatic rings. The number of carboxylic acid groups (broad SMARTS) is 1. The van der Waals surface area contributed by atoms with Gasteiger partial charge >= 0.3 is 5.97 Å². The van der Waals surface area contributed by atoms with Crippen molar-refractivity contribution in [2.75, 3.05) is 13.7 Å². The molecule has 4 heteroatoms. The predicted octanol–water partition coefficient (Wildman–Crippen LogP) is 2.87. The zero-order valence-corrected chi connectivity index (χ0v) is 12.4. The molecule has 0 bridgehead atoms. The summed E-state index contributed by atoms with van der Waals surface area (Å²) in [6.07, 6.45) is 1.71. The molecule has 1 aromatic carbocycles. The van der Waals surface area contributed by atoms with Gasteiger partial charge in [-0.15, -0.1) is 0 Å². The number of hydrogen-bond donors (Lipinski definition) is 1. The second kappa shape index (κ2) is 6.27. The van der Waals surface area contributed by atoms with E-state index in [1.165, 1.54) is 11.1 Å². The largest absolute Gasteiger partial charge is 0.497 e. The van der Waals surface area contributed by atoms with E-state index in [4.69, 9.17) is 4.74 Å². The first-order valence-electron chi connectivity index (χ1n) is 7.16. The van der Waals surface area contributed by atoms with Crippen LogP contribution in [0.15, 0.2) is 18.2 Å². The van der Waals surface area contributed by atoms with E-state index in [1.54, 1.807) is 7.11 Å². The highest BCUT2D eigenvalue weighted by atomic mass is 16.5. The minimum absolute atomic E-state index is 0.336. The fourth-order valence-electron chi connectivity index (χ4n) is 2.90. The van der Waals surface area contributed by atoms with E-state index in [2.05, 4.69) is 30.9 Å². The van der Waals surface area contributed by atoms with Gasteiger partial charge in [0.15, 0.2) is 0 Å². The molecule has 110 valence electrons. The quantitative estimate of drug-likeness (QED) is 0.899. The fourth-order valence-corrected chi connectivity index (χ4v) is 2.90. The normalized spacial score (nSPS) is 19.5. The van der Waals surface area contributed by atoms with Gasteiger partial charge in [-0.1, -0.05) is 19.9 Å². The van der Waals surface area contributed by atoms with Gasteiger partial charge < -0.3 is 9.84 Å². The Hall–Kier alpha value is -1.55. The van der Waals surface area contributed by atoms with Crippen LogP contribution in [0.25, 0.3) is 0 Å². The molecule has 1 saturated heterocycles. The molecule has 1 fully saturated rings. The Balaban J connectivity index is 2.22. The van der Waals surface area contributed by atoms with Crippen LogP contribution in [0.5, 0.6) is 5.75 Å². The van der Waals surface area contributed by atoms with Crippen molar-refractivity contribution in [2.45, 2.75) is 45.2 Å². The third kappa shape index (κ3) is 3.12. The highest BCUT2D eigenvalue weighted by Crippen LogP contribution is 2.28. The third-order valence-corrected chi connectivity index (χ3v) is 4.00. The molecule has 1 aliphatic heterocycles. The molecule has 1 atom stereocenters. The Morgan fingerprint density at radius 1 is 1.50 bits per heavy atom. The van der Waals surface area contributed by atoms with Crippen LogP contribution in [0.1, 0.15) is 43.7 Å². The van der Waals surface area contributed by atoms with Crippen LogP contribution in [0.2, 0.25) is 0 Å². The van der Waals surface area contributed by atoms with Crippen LogP contribution in [-0.2, 0) is 11.3 Å². The number of likely N-dealkylation sites (tertiary alicyclic amines) is 1. The van der Waals surface area contributed by atoms with E-state index in [9.17, 15) is 9.90 Å². The molecule has 1 N–H and O–H groups in total. The average Bonchev–Trinajstić information content (AvgIpc) is 2.87. The van der Waals surface area contributed by atoms with Gasteiger partial charge in [-0.2, -0.15) is 0 Å². The number of carboxylic acids is 1. The van der Waals surface area contributed by atoms with Gasteiger partial charge in [-0.05, 0) is 48.6 Å². The summed E-state index contributed by atoms with van der Waals surface area (Å²) in [5, 5.41) is 9.26. The molecule has 0 aliphatic carbocycles. The number of rotatable bonds is 5. The average molecular weight is 277 g/mol. The van der Waals surface area contributed by atoms with Gasteiger partial charge in [-0.25, -0.2) is 0 Å². The second-order valence-corrected chi connectivity index (χ2v) is 5.69. The zero-order valence-electron chi connectivity index (χ0n) is 12.4. The number of methoxy groups -OCH3 is 1. The summed E-state index contributed by atoms with van der Waals surface area (Å²) < 4.78 is 5.28. The molecular formula is C16H23NO3. The molecule has 1 unspecified atom stereocenters. The molecular weight excluding hydrogens is 254 g/mol. The summed E-state index contributed by atoms with van der Waals surface area (Å²) in [7, 11) is 1.67. The van der Waals surface area contributed by atoms with E-state index in [1.807, 2.05) is 6.07 Å². The summed E-state index contributed by atoms with van der Waals surface area (Å²) in [5.74, 6) is 0.543. The van der Waals surface area contributed by atoms with Gasteiger partial charge in [0.1, 0.15) is 11.8 Å². The van der Waals surface area contributed by atoms with Crippen LogP contribution >= 0.6 is 0 Å². The van der Waals surface area contributed by atoms with Crippen molar-refractivity contribution >= 4 is 5.97 Å². The lowest BCUT2D eigenvalue weighted by molar-refractivity contribution is -0.142. The molecule has 0 spiro atoms. The third-order valence-electron chi connectivity index (χ3n) is 4.00. The van der Waals surface area contributed by atoms with E-state index >= 15 is 0 Å². The van der Waals surface area contributed by atoms with Crippen molar-refractivity contribution in [1.29, 1.82) is 0 Å². The first-order valence-corrected chi connectivity index (χ1v) is 7.16. The van der Waals surface area contributed by atoms with Crippen molar-refractivity contribution in [3.05, 3.63) is 29.3 Å². The standard InChI is InChI=1S/C16H23NO3/c1-11(2)14-9-13(20-3)7-6-12(14)10-17-8-4-5-15(17)16(18)19/h6-7,9,11,15H,4-5,8,10H2,1-3H3,(H,18,19). The molecule has 0 aromatic heterocycles. The molecule has 20 heavy (non-hydrogen) atoms. The van der Waals surface area contributed by atoms with E-state index < -0.39 is 5.97 Å². The first-order chi connectivity index (χ1) is 9.52. The summed E-state index contributed by atoms with van der Waals surface area (Å²) >= 11 is 0. The molecule has 2 rings (SSSR count). The highest BCUT2D eigenvalue weighted by molar-refractivity contribution is 5.73. The molecule has 0 radical (unpaired) electrons. The number of nitrogens with zero attached hydrogens (tertiary/aromatic N) is 1. The van der Waals surface area contributed by atoms with Crippen LogP contribution < -0.4 is 4.74 Å². The number of hydrogen-bond acceptors (Lipinski definition) is 3. The monoisotopic (exact) mass is 277 g/mol. The van der Waals surface area contributed by atoms with Crippen LogP contribution in [0, 0.1) is 0 Å². The predicted molar refractivity (Wildman–Crippen MR) is 78.2 cm³/mol. The number of benzene rings is 1. The lowest BCUT2D eigenvalue weighted by Gasteiger charge is -2.23. The summed E-state index contributed by atoms with van der Waals surface area (Å²) in [5.41, 5.74) is 2.44. The summed E-state index contributed by atoms with van der Waals surface area (Å²) in [6, 6.07) is 5.74. The van der Waals surface area contributed by atoms with Crippen LogP contribution in [0.4, 0.5) is 0 Å². The number of carbonyl (C=O) groups is 1. The number of aliphatic carboxylic acids is 1. The topological polar surface area (TPSA) is 49.8 Å². The Bertz CT molecular complexity index is 485. The lowest BCUT2D eigenvalue weighted by atomic mass is 9.96. The maximum Gasteiger partial charge on any atom is 0.320 e. The van der Waals surface area contributed by atoms with E-state index in [0.717, 1.165) is 25.1 Å². The molecule has 1 aromatic rings. The minimum Gasteiger partial charge on any atom is -0.497 e. The van der Waals surface area contributed by atoms with E-state index in [-0.39, 0.29) is 6.04 Å². The maximum absolute atomic E-state index is 11.3. The smallest absolute Gasteiger partial charge is 0.320 e. The van der Waals surface area contributed by atoms with Gasteiger partial charge in [0.25, 0.3) is 0 Å². The van der Waals surface area contributed by atoms with Crippen molar-refractivity contribution in [3.63, 3.8) is 0 Å². The first kappa shape index (κ1) is 14.9. The Morgan fingerprint density at radius 3 is 2.85 bits per heavy atom. The number of ether oxygens (including phenoxy) is 1. The molecule has 0 saturated carbocycles. The minimum atomic E-state index is -0.706. The van der Waals surface area contributed by atoms with Crippen molar-refractivity contribution < 1.29 is 14.6 Å². The fraction of sp³-hybridized carbons (Fsp3) is 0.562. The second-order valence-electron chi connectivity index (χ2n) is 5.69. The van der Waals surface area contributed by atoms with Gasteiger partial charge in [0.05, 0.1) is 7.11 Å². The summed E-state index contributed by atoms with van der Waals surface area (Å²) in [4.78, 5) is 13.3. The van der Waals surface area contributed by atoms with Crippen molar-refractivity contribution in [1.82, 2.24) is 4.90 Å². The molecule has 4 nitrogen and oxygen atoms in total.